The van der Waals surface area contributed by atoms with Crippen molar-refractivity contribution in [3.63, 3.8) is 0 Å². The molecular formula is C10H10N4O4S2. The molecule has 0 aromatic carbocycles. The molecule has 0 saturated carbocycles. The van der Waals surface area contributed by atoms with Gasteiger partial charge in [0.1, 0.15) is 4.21 Å². The quantitative estimate of drug-likeness (QED) is 0.864. The molecule has 0 spiro atoms. The van der Waals surface area contributed by atoms with Gasteiger partial charge in [-0.15, -0.1) is 16.4 Å². The summed E-state index contributed by atoms with van der Waals surface area (Å²) in [6.07, 6.45) is 0. The molecule has 0 radical (unpaired) electrons. The Morgan fingerprint density at radius 3 is 2.55 bits per heavy atom. The minimum absolute atomic E-state index is 0.0884. The van der Waals surface area contributed by atoms with Crippen molar-refractivity contribution < 1.29 is 18.3 Å². The van der Waals surface area contributed by atoms with E-state index in [9.17, 15) is 13.2 Å². The number of rotatable bonds is 4. The van der Waals surface area contributed by atoms with E-state index in [1.165, 1.54) is 5.38 Å². The SMILES string of the molecule is Cc1nnc(NS(=O)(=O)c2cc(C(=O)O)cs2)nc1C. The molecule has 2 aromatic heterocycles. The number of sulfonamides is 1. The molecule has 10 heteroatoms. The monoisotopic (exact) mass is 314 g/mol. The molecule has 2 N–H and O–H groups in total. The van der Waals surface area contributed by atoms with Crippen LogP contribution in [0, 0.1) is 13.8 Å². The largest absolute Gasteiger partial charge is 0.478 e. The van der Waals surface area contributed by atoms with E-state index < -0.39 is 16.0 Å². The first-order valence-electron chi connectivity index (χ1n) is 5.32. The number of hydrogen-bond acceptors (Lipinski definition) is 7. The van der Waals surface area contributed by atoms with Crippen LogP contribution in [0.2, 0.25) is 0 Å². The summed E-state index contributed by atoms with van der Waals surface area (Å²) in [6.45, 7) is 3.38. The molecule has 0 aliphatic heterocycles. The van der Waals surface area contributed by atoms with Crippen LogP contribution in [0.25, 0.3) is 0 Å². The van der Waals surface area contributed by atoms with E-state index in [4.69, 9.17) is 5.11 Å². The standard InChI is InChI=1S/C10H10N4O4S2/c1-5-6(2)12-13-10(11-5)14-20(17,18)8-3-7(4-19-8)9(15)16/h3-4H,1-2H3,(H,15,16)(H,11,13,14). The van der Waals surface area contributed by atoms with Gasteiger partial charge in [-0.3, -0.25) is 0 Å². The van der Waals surface area contributed by atoms with Crippen molar-refractivity contribution in [3.05, 3.63) is 28.4 Å². The van der Waals surface area contributed by atoms with Gasteiger partial charge in [0, 0.05) is 5.38 Å². The lowest BCUT2D eigenvalue weighted by Crippen LogP contribution is -2.15. The third kappa shape index (κ3) is 2.91. The Labute approximate surface area is 118 Å². The van der Waals surface area contributed by atoms with Crippen LogP contribution in [0.3, 0.4) is 0 Å². The number of carboxylic acid groups (broad SMARTS) is 1. The van der Waals surface area contributed by atoms with E-state index in [2.05, 4.69) is 19.9 Å². The fraction of sp³-hybridized carbons (Fsp3) is 0.200. The maximum Gasteiger partial charge on any atom is 0.336 e. The highest BCUT2D eigenvalue weighted by molar-refractivity contribution is 7.94. The van der Waals surface area contributed by atoms with Gasteiger partial charge in [-0.05, 0) is 19.9 Å². The van der Waals surface area contributed by atoms with Crippen LogP contribution >= 0.6 is 11.3 Å². The van der Waals surface area contributed by atoms with Crippen LogP contribution in [-0.4, -0.2) is 34.7 Å². The van der Waals surface area contributed by atoms with Crippen molar-refractivity contribution in [1.82, 2.24) is 15.2 Å². The first kappa shape index (κ1) is 14.3. The maximum absolute atomic E-state index is 12.0. The number of aryl methyl sites for hydroxylation is 2. The first-order valence-corrected chi connectivity index (χ1v) is 7.68. The minimum atomic E-state index is -3.92. The topological polar surface area (TPSA) is 122 Å². The van der Waals surface area contributed by atoms with Gasteiger partial charge in [0.05, 0.1) is 17.0 Å². The zero-order chi connectivity index (χ0) is 14.9. The summed E-state index contributed by atoms with van der Waals surface area (Å²) in [5, 5.41) is 17.4. The Hall–Kier alpha value is -2.07. The summed E-state index contributed by atoms with van der Waals surface area (Å²) in [5.41, 5.74) is 1.06. The molecule has 0 bridgehead atoms. The average Bonchev–Trinajstić information content (AvgIpc) is 2.84. The molecule has 0 aliphatic rings. The Bertz CT molecular complexity index is 769. The van der Waals surface area contributed by atoms with Gasteiger partial charge in [-0.1, -0.05) is 0 Å². The number of thiophene rings is 1. The minimum Gasteiger partial charge on any atom is -0.478 e. The van der Waals surface area contributed by atoms with Gasteiger partial charge in [0.15, 0.2) is 0 Å². The lowest BCUT2D eigenvalue weighted by molar-refractivity contribution is 0.0697. The summed E-state index contributed by atoms with van der Waals surface area (Å²) in [6, 6.07) is 1.07. The second-order valence-electron chi connectivity index (χ2n) is 3.87. The van der Waals surface area contributed by atoms with Gasteiger partial charge < -0.3 is 5.11 Å². The summed E-state index contributed by atoms with van der Waals surface area (Å²) in [5.74, 6) is -1.34. The molecular weight excluding hydrogens is 304 g/mol. The first-order chi connectivity index (χ1) is 9.29. The Morgan fingerprint density at radius 1 is 1.30 bits per heavy atom. The summed E-state index contributed by atoms with van der Waals surface area (Å²) in [7, 11) is -3.92. The second-order valence-corrected chi connectivity index (χ2v) is 6.69. The van der Waals surface area contributed by atoms with Crippen LogP contribution in [0.4, 0.5) is 5.95 Å². The van der Waals surface area contributed by atoms with Crippen molar-refractivity contribution in [3.8, 4) is 0 Å². The summed E-state index contributed by atoms with van der Waals surface area (Å²) >= 11 is 0.804. The average molecular weight is 314 g/mol. The van der Waals surface area contributed by atoms with Crippen LogP contribution in [0.5, 0.6) is 0 Å². The molecule has 0 amide bonds. The normalized spacial score (nSPS) is 11.3. The molecule has 0 atom stereocenters. The fourth-order valence-corrected chi connectivity index (χ4v) is 3.33. The third-order valence-corrected chi connectivity index (χ3v) is 5.17. The van der Waals surface area contributed by atoms with Crippen molar-refractivity contribution in [1.29, 1.82) is 0 Å². The van der Waals surface area contributed by atoms with Crippen molar-refractivity contribution in [2.75, 3.05) is 4.72 Å². The number of aromatic carboxylic acids is 1. The zero-order valence-corrected chi connectivity index (χ0v) is 12.1. The van der Waals surface area contributed by atoms with Gasteiger partial charge in [0.2, 0.25) is 0 Å². The Morgan fingerprint density at radius 2 is 2.00 bits per heavy atom. The summed E-state index contributed by atoms with van der Waals surface area (Å²) < 4.78 is 26.1. The maximum atomic E-state index is 12.0. The second kappa shape index (κ2) is 5.13. The van der Waals surface area contributed by atoms with Crippen molar-refractivity contribution in [2.45, 2.75) is 18.1 Å². The predicted octanol–water partition coefficient (Wildman–Crippen LogP) is 1.05. The van der Waals surface area contributed by atoms with E-state index in [0.717, 1.165) is 17.4 Å². The molecule has 0 fully saturated rings. The third-order valence-electron chi connectivity index (χ3n) is 2.40. The highest BCUT2D eigenvalue weighted by atomic mass is 32.2. The molecule has 2 heterocycles. The lowest BCUT2D eigenvalue weighted by atomic mass is 10.4. The molecule has 106 valence electrons. The van der Waals surface area contributed by atoms with Crippen LogP contribution < -0.4 is 4.72 Å². The van der Waals surface area contributed by atoms with E-state index in [0.29, 0.717) is 11.4 Å². The van der Waals surface area contributed by atoms with Crippen molar-refractivity contribution >= 4 is 33.3 Å². The van der Waals surface area contributed by atoms with E-state index in [1.54, 1.807) is 13.8 Å². The molecule has 0 aliphatic carbocycles. The highest BCUT2D eigenvalue weighted by Gasteiger charge is 2.20. The van der Waals surface area contributed by atoms with Crippen LogP contribution in [0.1, 0.15) is 21.7 Å². The summed E-state index contributed by atoms with van der Waals surface area (Å²) in [4.78, 5) is 14.7. The van der Waals surface area contributed by atoms with Crippen LogP contribution in [0.15, 0.2) is 15.7 Å². The Balaban J connectivity index is 2.30. The number of nitrogens with one attached hydrogen (secondary N) is 1. The molecule has 0 unspecified atom stereocenters. The lowest BCUT2D eigenvalue weighted by Gasteiger charge is -2.05. The Kier molecular flexibility index (Phi) is 3.68. The number of hydrogen-bond donors (Lipinski definition) is 2. The zero-order valence-electron chi connectivity index (χ0n) is 10.5. The smallest absolute Gasteiger partial charge is 0.336 e. The number of carboxylic acids is 1. The van der Waals surface area contributed by atoms with E-state index in [-0.39, 0.29) is 15.7 Å². The number of anilines is 1. The van der Waals surface area contributed by atoms with Gasteiger partial charge in [-0.25, -0.2) is 22.9 Å². The van der Waals surface area contributed by atoms with Gasteiger partial charge in [-0.2, -0.15) is 5.10 Å². The van der Waals surface area contributed by atoms with Gasteiger partial charge >= 0.3 is 5.97 Å². The molecule has 8 nitrogen and oxygen atoms in total. The number of aromatic nitrogens is 3. The molecule has 20 heavy (non-hydrogen) atoms. The number of carbonyl (C=O) groups is 1. The van der Waals surface area contributed by atoms with Crippen molar-refractivity contribution in [2.24, 2.45) is 0 Å². The molecule has 2 aromatic rings. The molecule has 2 rings (SSSR count). The van der Waals surface area contributed by atoms with Crippen LogP contribution in [-0.2, 0) is 10.0 Å². The molecule has 0 saturated heterocycles. The predicted molar refractivity (Wildman–Crippen MR) is 71.4 cm³/mol. The van der Waals surface area contributed by atoms with Gasteiger partial charge in [0.25, 0.3) is 16.0 Å². The van der Waals surface area contributed by atoms with E-state index in [1.807, 2.05) is 0 Å². The highest BCUT2D eigenvalue weighted by Crippen LogP contribution is 2.22. The fourth-order valence-electron chi connectivity index (χ4n) is 1.24. The van der Waals surface area contributed by atoms with E-state index >= 15 is 0 Å². The number of nitrogens with zero attached hydrogens (tertiary/aromatic N) is 3.